The lowest BCUT2D eigenvalue weighted by Gasteiger charge is -2.16. The molecule has 1 heterocycles. The van der Waals surface area contributed by atoms with Crippen LogP contribution in [0.1, 0.15) is 36.7 Å². The maximum Gasteiger partial charge on any atom is 0.138 e. The van der Waals surface area contributed by atoms with Crippen molar-refractivity contribution < 1.29 is 0 Å². The minimum absolute atomic E-state index is 0.212. The maximum absolute atomic E-state index is 5.71. The average Bonchev–Trinajstić information content (AvgIpc) is 2.92. The van der Waals surface area contributed by atoms with Crippen molar-refractivity contribution >= 4 is 0 Å². The summed E-state index contributed by atoms with van der Waals surface area (Å²) < 4.78 is 1.97. The van der Waals surface area contributed by atoms with Crippen LogP contribution in [0.5, 0.6) is 0 Å². The van der Waals surface area contributed by atoms with E-state index in [-0.39, 0.29) is 6.04 Å². The minimum atomic E-state index is 0.212. The highest BCUT2D eigenvalue weighted by Gasteiger charge is 2.13. The van der Waals surface area contributed by atoms with E-state index in [0.29, 0.717) is 0 Å². The Bertz CT molecular complexity index is 549. The number of hydrogen-bond acceptors (Lipinski definition) is 4. The lowest BCUT2D eigenvalue weighted by Crippen LogP contribution is -2.38. The van der Waals surface area contributed by atoms with Crippen LogP contribution in [0.4, 0.5) is 0 Å². The van der Waals surface area contributed by atoms with Crippen LogP contribution in [0.2, 0.25) is 0 Å². The number of nitrogens with two attached hydrogens (primary N) is 1. The van der Waals surface area contributed by atoms with Crippen molar-refractivity contribution in [3.63, 3.8) is 0 Å². The summed E-state index contributed by atoms with van der Waals surface area (Å²) in [5.74, 6) is 6.71. The van der Waals surface area contributed by atoms with Crippen molar-refractivity contribution in [1.82, 2.24) is 20.2 Å². The first kappa shape index (κ1) is 15.7. The zero-order chi connectivity index (χ0) is 15.1. The van der Waals surface area contributed by atoms with Gasteiger partial charge in [0, 0.05) is 19.0 Å². The molecule has 2 aromatic rings. The van der Waals surface area contributed by atoms with Crippen molar-refractivity contribution in [2.75, 3.05) is 0 Å². The van der Waals surface area contributed by atoms with E-state index in [2.05, 4.69) is 53.6 Å². The molecular formula is C16H25N5. The number of aryl methyl sites for hydroxylation is 3. The molecule has 0 aliphatic carbocycles. The van der Waals surface area contributed by atoms with Crippen LogP contribution in [-0.2, 0) is 19.4 Å². The molecule has 3 N–H and O–H groups in total. The Kier molecular flexibility index (Phi) is 5.90. The third-order valence-corrected chi connectivity index (χ3v) is 3.82. The third-order valence-electron chi connectivity index (χ3n) is 3.82. The van der Waals surface area contributed by atoms with Crippen molar-refractivity contribution in [1.29, 1.82) is 0 Å². The van der Waals surface area contributed by atoms with E-state index >= 15 is 0 Å². The molecule has 0 amide bonds. The Labute approximate surface area is 126 Å². The molecule has 1 unspecified atom stereocenters. The molecule has 0 radical (unpaired) electrons. The van der Waals surface area contributed by atoms with Crippen molar-refractivity contribution in [2.24, 2.45) is 5.84 Å². The van der Waals surface area contributed by atoms with E-state index in [0.717, 1.165) is 38.1 Å². The molecule has 0 spiro atoms. The molecule has 0 fully saturated rings. The van der Waals surface area contributed by atoms with E-state index in [1.54, 1.807) is 6.33 Å². The smallest absolute Gasteiger partial charge is 0.138 e. The molecule has 0 saturated carbocycles. The van der Waals surface area contributed by atoms with Gasteiger partial charge in [-0.25, -0.2) is 4.98 Å². The van der Waals surface area contributed by atoms with E-state index in [9.17, 15) is 0 Å². The highest BCUT2D eigenvalue weighted by Crippen LogP contribution is 2.12. The van der Waals surface area contributed by atoms with E-state index < -0.39 is 0 Å². The Balaban J connectivity index is 1.94. The molecule has 5 heteroatoms. The van der Waals surface area contributed by atoms with Crippen LogP contribution in [0.25, 0.3) is 0 Å². The molecule has 2 rings (SSSR count). The van der Waals surface area contributed by atoms with Crippen molar-refractivity contribution in [3.05, 3.63) is 47.5 Å². The molecule has 0 bridgehead atoms. The number of nitrogens with zero attached hydrogens (tertiary/aromatic N) is 3. The Morgan fingerprint density at radius 3 is 2.86 bits per heavy atom. The predicted octanol–water partition coefficient (Wildman–Crippen LogP) is 2.00. The Morgan fingerprint density at radius 1 is 1.33 bits per heavy atom. The highest BCUT2D eigenvalue weighted by atomic mass is 15.3. The monoisotopic (exact) mass is 287 g/mol. The maximum atomic E-state index is 5.71. The number of benzene rings is 1. The molecule has 1 aromatic heterocycles. The van der Waals surface area contributed by atoms with Gasteiger partial charge in [-0.2, -0.15) is 5.10 Å². The fourth-order valence-corrected chi connectivity index (χ4v) is 2.53. The van der Waals surface area contributed by atoms with Gasteiger partial charge in [0.25, 0.3) is 0 Å². The van der Waals surface area contributed by atoms with Crippen molar-refractivity contribution in [2.45, 2.75) is 52.1 Å². The largest absolute Gasteiger partial charge is 0.271 e. The molecule has 114 valence electrons. The van der Waals surface area contributed by atoms with Gasteiger partial charge in [0.15, 0.2) is 0 Å². The van der Waals surface area contributed by atoms with Gasteiger partial charge in [0.2, 0.25) is 0 Å². The Hall–Kier alpha value is -1.72. The van der Waals surface area contributed by atoms with Gasteiger partial charge in [0.1, 0.15) is 12.2 Å². The second-order valence-electron chi connectivity index (χ2n) is 5.43. The summed E-state index contributed by atoms with van der Waals surface area (Å²) in [5.41, 5.74) is 5.64. The van der Waals surface area contributed by atoms with Gasteiger partial charge in [0.05, 0.1) is 0 Å². The van der Waals surface area contributed by atoms with Crippen LogP contribution >= 0.6 is 0 Å². The summed E-state index contributed by atoms with van der Waals surface area (Å²) in [6.07, 6.45) is 5.49. The number of aromatic nitrogens is 3. The number of hydrazine groups is 1. The molecule has 1 aromatic carbocycles. The SMILES string of the molecule is CCCn1ncnc1CC(CCc1ccccc1C)NN. The van der Waals surface area contributed by atoms with Gasteiger partial charge >= 0.3 is 0 Å². The van der Waals surface area contributed by atoms with Gasteiger partial charge in [-0.05, 0) is 37.3 Å². The zero-order valence-corrected chi connectivity index (χ0v) is 12.9. The molecule has 1 atom stereocenters. The summed E-state index contributed by atoms with van der Waals surface area (Å²) in [7, 11) is 0. The summed E-state index contributed by atoms with van der Waals surface area (Å²) in [6, 6.07) is 8.71. The van der Waals surface area contributed by atoms with Crippen LogP contribution in [-0.4, -0.2) is 20.8 Å². The first-order chi connectivity index (χ1) is 10.2. The summed E-state index contributed by atoms with van der Waals surface area (Å²) in [6.45, 7) is 5.20. The van der Waals surface area contributed by atoms with Crippen LogP contribution in [0, 0.1) is 6.92 Å². The first-order valence-electron chi connectivity index (χ1n) is 7.62. The van der Waals surface area contributed by atoms with Gasteiger partial charge < -0.3 is 0 Å². The highest BCUT2D eigenvalue weighted by molar-refractivity contribution is 5.25. The standard InChI is InChI=1S/C16H25N5/c1-3-10-21-16(18-12-19-21)11-15(20-17)9-8-14-7-5-4-6-13(14)2/h4-7,12,15,20H,3,8-11,17H2,1-2H3. The van der Waals surface area contributed by atoms with E-state index in [4.69, 9.17) is 5.84 Å². The number of hydrogen-bond donors (Lipinski definition) is 2. The summed E-state index contributed by atoms with van der Waals surface area (Å²) in [4.78, 5) is 4.35. The molecule has 5 nitrogen and oxygen atoms in total. The molecule has 0 aliphatic rings. The summed E-state index contributed by atoms with van der Waals surface area (Å²) in [5, 5.41) is 4.26. The number of rotatable bonds is 8. The Morgan fingerprint density at radius 2 is 2.14 bits per heavy atom. The molecule has 0 aliphatic heterocycles. The first-order valence-corrected chi connectivity index (χ1v) is 7.62. The fourth-order valence-electron chi connectivity index (χ4n) is 2.53. The second kappa shape index (κ2) is 7.90. The minimum Gasteiger partial charge on any atom is -0.271 e. The van der Waals surface area contributed by atoms with Gasteiger partial charge in [-0.3, -0.25) is 16.0 Å². The predicted molar refractivity (Wildman–Crippen MR) is 84.6 cm³/mol. The second-order valence-corrected chi connectivity index (χ2v) is 5.43. The zero-order valence-electron chi connectivity index (χ0n) is 12.9. The molecule has 0 saturated heterocycles. The number of nitrogens with one attached hydrogen (secondary N) is 1. The molecule has 21 heavy (non-hydrogen) atoms. The molecular weight excluding hydrogens is 262 g/mol. The average molecular weight is 287 g/mol. The van der Waals surface area contributed by atoms with Gasteiger partial charge in [-0.15, -0.1) is 0 Å². The summed E-state index contributed by atoms with van der Waals surface area (Å²) >= 11 is 0. The van der Waals surface area contributed by atoms with Crippen LogP contribution < -0.4 is 11.3 Å². The van der Waals surface area contributed by atoms with Crippen LogP contribution in [0.15, 0.2) is 30.6 Å². The fraction of sp³-hybridized carbons (Fsp3) is 0.500. The lowest BCUT2D eigenvalue weighted by atomic mass is 10.00. The van der Waals surface area contributed by atoms with E-state index in [1.807, 2.05) is 4.68 Å². The van der Waals surface area contributed by atoms with Crippen LogP contribution in [0.3, 0.4) is 0 Å². The normalized spacial score (nSPS) is 12.5. The van der Waals surface area contributed by atoms with Gasteiger partial charge in [-0.1, -0.05) is 31.2 Å². The lowest BCUT2D eigenvalue weighted by molar-refractivity contribution is 0.460. The van der Waals surface area contributed by atoms with E-state index in [1.165, 1.54) is 11.1 Å². The quantitative estimate of drug-likeness (QED) is 0.575. The van der Waals surface area contributed by atoms with Crippen molar-refractivity contribution in [3.8, 4) is 0 Å². The topological polar surface area (TPSA) is 68.8 Å². The third kappa shape index (κ3) is 4.37.